The topological polar surface area (TPSA) is 35.2 Å². The Morgan fingerprint density at radius 1 is 1.29 bits per heavy atom. The summed E-state index contributed by atoms with van der Waals surface area (Å²) in [5, 5.41) is 0. The Morgan fingerprint density at radius 3 is 2.41 bits per heavy atom. The van der Waals surface area contributed by atoms with E-state index in [2.05, 4.69) is 6.92 Å². The number of hydrogen-bond donors (Lipinski definition) is 1. The molecule has 0 unspecified atom stereocenters. The molecule has 17 heavy (non-hydrogen) atoms. The van der Waals surface area contributed by atoms with E-state index in [1.807, 2.05) is 24.3 Å². The van der Waals surface area contributed by atoms with Crippen LogP contribution < -0.4 is 10.5 Å². The second kappa shape index (κ2) is 5.08. The van der Waals surface area contributed by atoms with Crippen molar-refractivity contribution in [2.45, 2.75) is 13.5 Å². The lowest BCUT2D eigenvalue weighted by Gasteiger charge is -2.03. The Labute approximate surface area is 110 Å². The van der Waals surface area contributed by atoms with Crippen LogP contribution in [0.25, 0.3) is 10.4 Å². The molecule has 0 bridgehead atoms. The molecule has 1 heterocycles. The van der Waals surface area contributed by atoms with Gasteiger partial charge in [0.05, 0.1) is 11.4 Å². The van der Waals surface area contributed by atoms with Gasteiger partial charge in [-0.1, -0.05) is 11.6 Å². The smallest absolute Gasteiger partial charge is 0.118 e. The van der Waals surface area contributed by atoms with E-state index in [1.165, 1.54) is 10.4 Å². The summed E-state index contributed by atoms with van der Waals surface area (Å²) in [4.78, 5) is 1.18. The minimum Gasteiger partial charge on any atom is -0.497 e. The van der Waals surface area contributed by atoms with Gasteiger partial charge in [-0.05, 0) is 47.9 Å². The summed E-state index contributed by atoms with van der Waals surface area (Å²) in [5.74, 6) is 0.855. The molecule has 2 aromatic rings. The van der Waals surface area contributed by atoms with E-state index in [9.17, 15) is 0 Å². The van der Waals surface area contributed by atoms with Gasteiger partial charge in [-0.2, -0.15) is 0 Å². The molecule has 4 heteroatoms. The number of halogens is 1. The van der Waals surface area contributed by atoms with Gasteiger partial charge in [0.25, 0.3) is 0 Å². The number of methoxy groups -OCH3 is 1. The molecule has 2 N–H and O–H groups in total. The minimum atomic E-state index is 0.483. The lowest BCUT2D eigenvalue weighted by Crippen LogP contribution is -1.96. The summed E-state index contributed by atoms with van der Waals surface area (Å²) in [6, 6.07) is 7.97. The summed E-state index contributed by atoms with van der Waals surface area (Å²) >= 11 is 7.75. The van der Waals surface area contributed by atoms with E-state index in [-0.39, 0.29) is 0 Å². The highest BCUT2D eigenvalue weighted by atomic mass is 35.5. The molecule has 0 amide bonds. The second-order valence-electron chi connectivity index (χ2n) is 3.74. The Morgan fingerprint density at radius 2 is 1.94 bits per heavy atom. The van der Waals surface area contributed by atoms with Crippen LogP contribution in [0, 0.1) is 6.92 Å². The lowest BCUT2D eigenvalue weighted by molar-refractivity contribution is 0.415. The zero-order valence-corrected chi connectivity index (χ0v) is 11.4. The fourth-order valence-corrected chi connectivity index (χ4v) is 3.28. The molecule has 0 saturated carbocycles. The van der Waals surface area contributed by atoms with Crippen LogP contribution in [-0.4, -0.2) is 7.11 Å². The fraction of sp³-hybridized carbons (Fsp3) is 0.231. The van der Waals surface area contributed by atoms with Gasteiger partial charge >= 0.3 is 0 Å². The van der Waals surface area contributed by atoms with Crippen LogP contribution in [0.15, 0.2) is 24.3 Å². The molecule has 90 valence electrons. The molecule has 1 aromatic carbocycles. The van der Waals surface area contributed by atoms with E-state index in [0.29, 0.717) is 6.54 Å². The van der Waals surface area contributed by atoms with Crippen LogP contribution in [0.4, 0.5) is 0 Å². The maximum Gasteiger partial charge on any atom is 0.118 e. The summed E-state index contributed by atoms with van der Waals surface area (Å²) in [7, 11) is 1.66. The van der Waals surface area contributed by atoms with Crippen molar-refractivity contribution in [3.8, 4) is 16.2 Å². The molecular weight excluding hydrogens is 254 g/mol. The number of rotatable bonds is 3. The largest absolute Gasteiger partial charge is 0.497 e. The fourth-order valence-electron chi connectivity index (χ4n) is 1.76. The molecule has 1 aromatic heterocycles. The first-order valence-electron chi connectivity index (χ1n) is 5.29. The highest BCUT2D eigenvalue weighted by Gasteiger charge is 2.13. The quantitative estimate of drug-likeness (QED) is 0.917. The van der Waals surface area contributed by atoms with Gasteiger partial charge in [0, 0.05) is 11.4 Å². The molecular formula is C13H14ClNOS. The third-order valence-corrected chi connectivity index (χ3v) is 4.41. The van der Waals surface area contributed by atoms with E-state index >= 15 is 0 Å². The predicted molar refractivity (Wildman–Crippen MR) is 73.9 cm³/mol. The maximum atomic E-state index is 6.17. The van der Waals surface area contributed by atoms with Gasteiger partial charge in [-0.15, -0.1) is 11.3 Å². The van der Waals surface area contributed by atoms with Gasteiger partial charge in [0.15, 0.2) is 0 Å². The van der Waals surface area contributed by atoms with E-state index in [0.717, 1.165) is 21.2 Å². The first-order valence-corrected chi connectivity index (χ1v) is 6.49. The number of ether oxygens (including phenoxy) is 1. The maximum absolute atomic E-state index is 6.17. The predicted octanol–water partition coefficient (Wildman–Crippen LogP) is 3.84. The molecule has 2 nitrogen and oxygen atoms in total. The Kier molecular flexibility index (Phi) is 3.72. The number of hydrogen-bond acceptors (Lipinski definition) is 3. The molecule has 0 aliphatic rings. The van der Waals surface area contributed by atoms with Crippen molar-refractivity contribution in [3.63, 3.8) is 0 Å². The third-order valence-electron chi connectivity index (χ3n) is 2.78. The van der Waals surface area contributed by atoms with Crippen LogP contribution in [0.2, 0.25) is 4.34 Å². The van der Waals surface area contributed by atoms with Crippen molar-refractivity contribution in [1.29, 1.82) is 0 Å². The SMILES string of the molecule is COc1ccc(-c2sc(Cl)c(CN)c2C)cc1. The van der Waals surface area contributed by atoms with E-state index in [4.69, 9.17) is 22.1 Å². The van der Waals surface area contributed by atoms with Crippen molar-refractivity contribution in [3.05, 3.63) is 39.7 Å². The molecule has 0 spiro atoms. The Balaban J connectivity index is 2.45. The number of thiophene rings is 1. The standard InChI is InChI=1S/C13H14ClNOS/c1-8-11(7-15)13(14)17-12(8)9-3-5-10(16-2)6-4-9/h3-6H,7,15H2,1-2H3. The monoisotopic (exact) mass is 267 g/mol. The van der Waals surface area contributed by atoms with Crippen molar-refractivity contribution in [1.82, 2.24) is 0 Å². The summed E-state index contributed by atoms with van der Waals surface area (Å²) in [6.07, 6.45) is 0. The van der Waals surface area contributed by atoms with Gasteiger partial charge in [-0.25, -0.2) is 0 Å². The van der Waals surface area contributed by atoms with Crippen molar-refractivity contribution in [2.75, 3.05) is 7.11 Å². The highest BCUT2D eigenvalue weighted by molar-refractivity contribution is 7.19. The lowest BCUT2D eigenvalue weighted by atomic mass is 10.1. The minimum absolute atomic E-state index is 0.483. The molecule has 0 radical (unpaired) electrons. The first kappa shape index (κ1) is 12.4. The zero-order valence-electron chi connectivity index (χ0n) is 9.79. The van der Waals surface area contributed by atoms with Crippen LogP contribution in [-0.2, 0) is 6.54 Å². The van der Waals surface area contributed by atoms with Gasteiger partial charge < -0.3 is 10.5 Å². The van der Waals surface area contributed by atoms with Crippen molar-refractivity contribution >= 4 is 22.9 Å². The summed E-state index contributed by atoms with van der Waals surface area (Å²) < 4.78 is 5.93. The van der Waals surface area contributed by atoms with Gasteiger partial charge in [-0.3, -0.25) is 0 Å². The average molecular weight is 268 g/mol. The molecule has 0 atom stereocenters. The highest BCUT2D eigenvalue weighted by Crippen LogP contribution is 2.39. The van der Waals surface area contributed by atoms with E-state index < -0.39 is 0 Å². The molecule has 0 aliphatic carbocycles. The van der Waals surface area contributed by atoms with Crippen LogP contribution >= 0.6 is 22.9 Å². The van der Waals surface area contributed by atoms with Crippen molar-refractivity contribution in [2.24, 2.45) is 5.73 Å². The van der Waals surface area contributed by atoms with Crippen LogP contribution in [0.5, 0.6) is 5.75 Å². The molecule has 0 fully saturated rings. The summed E-state index contributed by atoms with van der Waals surface area (Å²) in [5.41, 5.74) is 9.06. The average Bonchev–Trinajstić information content (AvgIpc) is 2.64. The first-order chi connectivity index (χ1) is 8.17. The molecule has 2 rings (SSSR count). The second-order valence-corrected chi connectivity index (χ2v) is 5.36. The van der Waals surface area contributed by atoms with Gasteiger partial charge in [0.2, 0.25) is 0 Å². The van der Waals surface area contributed by atoms with Crippen LogP contribution in [0.3, 0.4) is 0 Å². The summed E-state index contributed by atoms with van der Waals surface area (Å²) in [6.45, 7) is 2.54. The van der Waals surface area contributed by atoms with E-state index in [1.54, 1.807) is 18.4 Å². The zero-order chi connectivity index (χ0) is 12.4. The Bertz CT molecular complexity index is 519. The molecule has 0 saturated heterocycles. The normalized spacial score (nSPS) is 10.6. The van der Waals surface area contributed by atoms with Gasteiger partial charge in [0.1, 0.15) is 5.75 Å². The van der Waals surface area contributed by atoms with Crippen molar-refractivity contribution < 1.29 is 4.74 Å². The number of benzene rings is 1. The van der Waals surface area contributed by atoms with Crippen LogP contribution in [0.1, 0.15) is 11.1 Å². The third kappa shape index (κ3) is 2.32. The molecule has 0 aliphatic heterocycles. The number of nitrogens with two attached hydrogens (primary N) is 1. The Hall–Kier alpha value is -1.03.